The Morgan fingerprint density at radius 1 is 1.08 bits per heavy atom. The van der Waals surface area contributed by atoms with Gasteiger partial charge in [0, 0.05) is 24.3 Å². The minimum Gasteiger partial charge on any atom is -0.481 e. The molecule has 0 radical (unpaired) electrons. The standard InChI is InChI=1S/C32H42N2O4/c1-31(2,38)23-11-21(12-24(16-23)32(3)7-8-32)26-17-28(29(35)33-25-13-22(14-25)30(36)37)34(4)27(26)15-20-10-18-5-6-19(20)9-18/h11-12,16-20,22,25,38H,5-10,13-15H2,1-4H3,(H,33,35)(H,36,37)/t18?,19-,20?,22?,25?/m1/s1. The summed E-state index contributed by atoms with van der Waals surface area (Å²) in [5.41, 5.74) is 5.37. The van der Waals surface area contributed by atoms with E-state index >= 15 is 0 Å². The highest BCUT2D eigenvalue weighted by molar-refractivity contribution is 5.95. The molecule has 1 amide bonds. The molecule has 1 aromatic carbocycles. The Balaban J connectivity index is 1.38. The number of hydrogen-bond donors (Lipinski definition) is 3. The van der Waals surface area contributed by atoms with E-state index in [9.17, 15) is 19.8 Å². The third kappa shape index (κ3) is 4.59. The predicted octanol–water partition coefficient (Wildman–Crippen LogP) is 5.54. The van der Waals surface area contributed by atoms with Crippen LogP contribution in [0.1, 0.15) is 99.4 Å². The molecule has 0 aliphatic heterocycles. The first-order chi connectivity index (χ1) is 17.9. The van der Waals surface area contributed by atoms with Crippen LogP contribution >= 0.6 is 0 Å². The molecule has 204 valence electrons. The topological polar surface area (TPSA) is 91.6 Å². The number of aromatic nitrogens is 1. The van der Waals surface area contributed by atoms with Gasteiger partial charge >= 0.3 is 5.97 Å². The number of carbonyl (C=O) groups is 2. The fourth-order valence-electron chi connectivity index (χ4n) is 7.39. The van der Waals surface area contributed by atoms with Crippen molar-refractivity contribution in [2.24, 2.45) is 30.7 Å². The van der Waals surface area contributed by atoms with Crippen LogP contribution in [-0.4, -0.2) is 32.7 Å². The molecular weight excluding hydrogens is 476 g/mol. The van der Waals surface area contributed by atoms with Crippen LogP contribution in [-0.2, 0) is 29.3 Å². The summed E-state index contributed by atoms with van der Waals surface area (Å²) in [6.07, 6.45) is 9.57. The van der Waals surface area contributed by atoms with Crippen LogP contribution < -0.4 is 5.32 Å². The zero-order chi connectivity index (χ0) is 27.0. The summed E-state index contributed by atoms with van der Waals surface area (Å²) in [4.78, 5) is 24.7. The van der Waals surface area contributed by atoms with E-state index < -0.39 is 11.6 Å². The van der Waals surface area contributed by atoms with Crippen molar-refractivity contribution >= 4 is 11.9 Å². The van der Waals surface area contributed by atoms with Crippen LogP contribution in [0.2, 0.25) is 0 Å². The molecule has 0 saturated heterocycles. The van der Waals surface area contributed by atoms with Gasteiger partial charge in [-0.3, -0.25) is 9.59 Å². The van der Waals surface area contributed by atoms with Crippen molar-refractivity contribution in [3.8, 4) is 11.1 Å². The first kappa shape index (κ1) is 25.7. The van der Waals surface area contributed by atoms with Crippen LogP contribution in [0.15, 0.2) is 24.3 Å². The molecule has 4 fully saturated rings. The lowest BCUT2D eigenvalue weighted by Gasteiger charge is -2.32. The van der Waals surface area contributed by atoms with Gasteiger partial charge in [-0.2, -0.15) is 0 Å². The zero-order valence-electron chi connectivity index (χ0n) is 23.2. The van der Waals surface area contributed by atoms with Crippen molar-refractivity contribution in [3.05, 3.63) is 46.8 Å². The number of aliphatic hydroxyl groups is 1. The van der Waals surface area contributed by atoms with Gasteiger partial charge in [0.25, 0.3) is 5.91 Å². The largest absolute Gasteiger partial charge is 0.481 e. The quantitative estimate of drug-likeness (QED) is 0.428. The second-order valence-electron chi connectivity index (χ2n) is 13.7. The van der Waals surface area contributed by atoms with Gasteiger partial charge in [0.05, 0.1) is 11.5 Å². The Morgan fingerprint density at radius 3 is 2.39 bits per heavy atom. The number of fused-ring (bicyclic) bond motifs is 2. The van der Waals surface area contributed by atoms with E-state index in [2.05, 4.69) is 35.0 Å². The number of benzene rings is 1. The molecule has 4 aliphatic rings. The number of hydrogen-bond acceptors (Lipinski definition) is 3. The van der Waals surface area contributed by atoms with Gasteiger partial charge in [-0.15, -0.1) is 0 Å². The summed E-state index contributed by atoms with van der Waals surface area (Å²) in [5, 5.41) is 23.3. The van der Waals surface area contributed by atoms with E-state index in [1.165, 1.54) is 36.9 Å². The average molecular weight is 519 g/mol. The second-order valence-corrected chi connectivity index (χ2v) is 13.7. The third-order valence-corrected chi connectivity index (χ3v) is 10.4. The van der Waals surface area contributed by atoms with E-state index in [1.54, 1.807) is 0 Å². The minimum absolute atomic E-state index is 0.0871. The lowest BCUT2D eigenvalue weighted by Crippen LogP contribution is -2.47. The molecule has 6 nitrogen and oxygen atoms in total. The van der Waals surface area contributed by atoms with Crippen LogP contribution in [0.25, 0.3) is 11.1 Å². The summed E-state index contributed by atoms with van der Waals surface area (Å²) in [6, 6.07) is 8.51. The van der Waals surface area contributed by atoms with Crippen LogP contribution in [0.4, 0.5) is 0 Å². The van der Waals surface area contributed by atoms with Crippen molar-refractivity contribution in [2.45, 2.75) is 95.6 Å². The molecule has 38 heavy (non-hydrogen) atoms. The SMILES string of the molecule is Cn1c(C(=O)NC2CC(C(=O)O)C2)cc(-c2cc(C(C)(C)O)cc(C3(C)CC3)c2)c1CC1CC2CC[C@@H]1C2. The highest BCUT2D eigenvalue weighted by Gasteiger charge is 2.42. The van der Waals surface area contributed by atoms with Gasteiger partial charge < -0.3 is 20.1 Å². The van der Waals surface area contributed by atoms with E-state index in [0.29, 0.717) is 24.5 Å². The summed E-state index contributed by atoms with van der Waals surface area (Å²) >= 11 is 0. The highest BCUT2D eigenvalue weighted by atomic mass is 16.4. The first-order valence-corrected chi connectivity index (χ1v) is 14.5. The Morgan fingerprint density at radius 2 is 1.82 bits per heavy atom. The fourth-order valence-corrected chi connectivity index (χ4v) is 7.39. The van der Waals surface area contributed by atoms with Crippen molar-refractivity contribution in [2.75, 3.05) is 0 Å². The number of aliphatic carboxylic acids is 1. The second kappa shape index (κ2) is 8.97. The van der Waals surface area contributed by atoms with Crippen molar-refractivity contribution in [3.63, 3.8) is 0 Å². The molecule has 4 saturated carbocycles. The lowest BCUT2D eigenvalue weighted by molar-refractivity contribution is -0.145. The number of rotatable bonds is 8. The van der Waals surface area contributed by atoms with E-state index in [1.807, 2.05) is 27.0 Å². The predicted molar refractivity (Wildman–Crippen MR) is 147 cm³/mol. The maximum atomic E-state index is 13.4. The smallest absolute Gasteiger partial charge is 0.306 e. The summed E-state index contributed by atoms with van der Waals surface area (Å²) in [7, 11) is 2.00. The Bertz CT molecular complexity index is 1250. The lowest BCUT2D eigenvalue weighted by atomic mass is 9.80. The van der Waals surface area contributed by atoms with Crippen molar-refractivity contribution in [1.29, 1.82) is 0 Å². The molecule has 6 rings (SSSR count). The molecule has 4 aliphatic carbocycles. The molecule has 3 atom stereocenters. The van der Waals surface area contributed by atoms with Crippen molar-refractivity contribution < 1.29 is 19.8 Å². The Labute approximate surface area is 225 Å². The van der Waals surface area contributed by atoms with E-state index in [0.717, 1.165) is 47.8 Å². The molecule has 2 unspecified atom stereocenters. The minimum atomic E-state index is -0.958. The average Bonchev–Trinajstić information content (AvgIpc) is 3.15. The number of carbonyl (C=O) groups excluding carboxylic acids is 1. The maximum Gasteiger partial charge on any atom is 0.306 e. The van der Waals surface area contributed by atoms with Gasteiger partial charge in [0.2, 0.25) is 0 Å². The molecular formula is C32H42N2O4. The number of amides is 1. The monoisotopic (exact) mass is 518 g/mol. The van der Waals surface area contributed by atoms with Gasteiger partial charge in [-0.25, -0.2) is 0 Å². The van der Waals surface area contributed by atoms with Gasteiger partial charge in [0.1, 0.15) is 5.69 Å². The van der Waals surface area contributed by atoms with Crippen molar-refractivity contribution in [1.82, 2.24) is 9.88 Å². The van der Waals surface area contributed by atoms with E-state index in [-0.39, 0.29) is 23.3 Å². The number of nitrogens with zero attached hydrogens (tertiary/aromatic N) is 1. The van der Waals surface area contributed by atoms with Gasteiger partial charge in [-0.1, -0.05) is 25.5 Å². The summed E-state index contributed by atoms with van der Waals surface area (Å²) in [6.45, 7) is 5.98. The molecule has 0 spiro atoms. The molecule has 1 heterocycles. The number of carboxylic acid groups (broad SMARTS) is 1. The molecule has 2 bridgehead atoms. The molecule has 1 aromatic heterocycles. The Hall–Kier alpha value is -2.60. The van der Waals surface area contributed by atoms with Gasteiger partial charge in [-0.05, 0) is 117 Å². The van der Waals surface area contributed by atoms with Crippen LogP contribution in [0.5, 0.6) is 0 Å². The third-order valence-electron chi connectivity index (χ3n) is 10.4. The highest BCUT2D eigenvalue weighted by Crippen LogP contribution is 2.51. The van der Waals surface area contributed by atoms with Crippen LogP contribution in [0.3, 0.4) is 0 Å². The number of nitrogens with one attached hydrogen (secondary N) is 1. The molecule has 2 aromatic rings. The maximum absolute atomic E-state index is 13.4. The Kier molecular flexibility index (Phi) is 6.06. The summed E-state index contributed by atoms with van der Waals surface area (Å²) in [5.74, 6) is 1.03. The molecule has 3 N–H and O–H groups in total. The van der Waals surface area contributed by atoms with E-state index in [4.69, 9.17) is 0 Å². The zero-order valence-corrected chi connectivity index (χ0v) is 23.2. The first-order valence-electron chi connectivity index (χ1n) is 14.5. The normalized spacial score (nSPS) is 29.2. The van der Waals surface area contributed by atoms with Gasteiger partial charge in [0.15, 0.2) is 0 Å². The van der Waals surface area contributed by atoms with Crippen LogP contribution in [0, 0.1) is 23.7 Å². The fraction of sp³-hybridized carbons (Fsp3) is 0.625. The molecule has 6 heteroatoms. The number of carboxylic acids is 1. The summed E-state index contributed by atoms with van der Waals surface area (Å²) < 4.78 is 2.08.